The van der Waals surface area contributed by atoms with E-state index in [1.807, 2.05) is 51.1 Å². The Hall–Kier alpha value is -3.34. The molecule has 132 valence electrons. The molecule has 1 aromatic heterocycles. The van der Waals surface area contributed by atoms with Crippen LogP contribution in [0.1, 0.15) is 37.7 Å². The highest BCUT2D eigenvalue weighted by Crippen LogP contribution is 2.13. The Morgan fingerprint density at radius 1 is 0.769 bits per heavy atom. The fraction of sp³-hybridized carbons (Fsp3) is 0.143. The minimum absolute atomic E-state index is 0.176. The van der Waals surface area contributed by atoms with E-state index in [-0.39, 0.29) is 11.8 Å². The number of amides is 2. The number of carbonyl (C=O) groups is 2. The van der Waals surface area contributed by atoms with Gasteiger partial charge in [0.2, 0.25) is 0 Å². The molecule has 26 heavy (non-hydrogen) atoms. The molecule has 1 heterocycles. The van der Waals surface area contributed by atoms with Crippen molar-refractivity contribution in [1.29, 1.82) is 0 Å². The van der Waals surface area contributed by atoms with Gasteiger partial charge in [-0.1, -0.05) is 17.7 Å². The zero-order valence-corrected chi connectivity index (χ0v) is 15.0. The largest absolute Gasteiger partial charge is 0.322 e. The third kappa shape index (κ3) is 3.83. The van der Waals surface area contributed by atoms with Crippen LogP contribution in [0, 0.1) is 20.8 Å². The van der Waals surface area contributed by atoms with E-state index < -0.39 is 0 Å². The number of nitrogens with zero attached hydrogens (tertiary/aromatic N) is 1. The van der Waals surface area contributed by atoms with Crippen LogP contribution in [0.5, 0.6) is 0 Å². The lowest BCUT2D eigenvalue weighted by Gasteiger charge is -2.12. The summed E-state index contributed by atoms with van der Waals surface area (Å²) in [7, 11) is 0. The second kappa shape index (κ2) is 7.27. The molecule has 0 unspecified atom stereocenters. The van der Waals surface area contributed by atoms with Crippen LogP contribution in [0.25, 0.3) is 0 Å². The van der Waals surface area contributed by atoms with Crippen LogP contribution < -0.4 is 10.7 Å². The van der Waals surface area contributed by atoms with Crippen LogP contribution in [-0.4, -0.2) is 16.5 Å². The highest BCUT2D eigenvalue weighted by Gasteiger charge is 2.10. The highest BCUT2D eigenvalue weighted by atomic mass is 16.2. The van der Waals surface area contributed by atoms with Gasteiger partial charge in [-0.3, -0.25) is 19.7 Å². The molecule has 5 heteroatoms. The molecular formula is C21H21N3O2. The van der Waals surface area contributed by atoms with Crippen molar-refractivity contribution >= 4 is 17.5 Å². The summed E-state index contributed by atoms with van der Waals surface area (Å²) in [5.74, 6) is -0.381. The number of rotatable bonds is 4. The first kappa shape index (κ1) is 17.5. The van der Waals surface area contributed by atoms with Gasteiger partial charge < -0.3 is 5.32 Å². The Kier molecular flexibility index (Phi) is 4.89. The van der Waals surface area contributed by atoms with E-state index in [0.29, 0.717) is 16.8 Å². The fourth-order valence-electron chi connectivity index (χ4n) is 2.71. The summed E-state index contributed by atoms with van der Waals surface area (Å²) < 4.78 is 1.75. The van der Waals surface area contributed by atoms with E-state index in [0.717, 1.165) is 17.0 Å². The van der Waals surface area contributed by atoms with Crippen molar-refractivity contribution in [3.05, 3.63) is 88.7 Å². The summed E-state index contributed by atoms with van der Waals surface area (Å²) in [6.07, 6.45) is 0. The van der Waals surface area contributed by atoms with Crippen LogP contribution in [0.15, 0.2) is 60.7 Å². The molecule has 0 fully saturated rings. The van der Waals surface area contributed by atoms with E-state index >= 15 is 0 Å². The smallest absolute Gasteiger partial charge is 0.270 e. The number of aromatic nitrogens is 1. The number of hydrogen-bond donors (Lipinski definition) is 2. The van der Waals surface area contributed by atoms with E-state index in [1.165, 1.54) is 0 Å². The van der Waals surface area contributed by atoms with Crippen molar-refractivity contribution in [2.75, 3.05) is 10.7 Å². The average Bonchev–Trinajstić information content (AvgIpc) is 2.94. The van der Waals surface area contributed by atoms with Crippen molar-refractivity contribution in [3.63, 3.8) is 0 Å². The van der Waals surface area contributed by atoms with Crippen LogP contribution in [-0.2, 0) is 0 Å². The Bertz CT molecular complexity index is 936. The van der Waals surface area contributed by atoms with Gasteiger partial charge in [-0.15, -0.1) is 0 Å². The summed E-state index contributed by atoms with van der Waals surface area (Å²) in [6.45, 7) is 5.80. The molecule has 3 aromatic rings. The van der Waals surface area contributed by atoms with Crippen molar-refractivity contribution in [1.82, 2.24) is 4.68 Å². The van der Waals surface area contributed by atoms with Crippen LogP contribution in [0.4, 0.5) is 5.69 Å². The van der Waals surface area contributed by atoms with Crippen molar-refractivity contribution in [2.24, 2.45) is 0 Å². The average molecular weight is 347 g/mol. The van der Waals surface area contributed by atoms with Gasteiger partial charge in [-0.25, -0.2) is 0 Å². The van der Waals surface area contributed by atoms with E-state index in [1.54, 1.807) is 35.0 Å². The molecule has 0 aliphatic rings. The molecule has 0 aliphatic heterocycles. The number of benzene rings is 2. The van der Waals surface area contributed by atoms with Crippen LogP contribution >= 0.6 is 0 Å². The zero-order chi connectivity index (χ0) is 18.7. The Balaban J connectivity index is 1.68. The number of nitrogens with one attached hydrogen (secondary N) is 2. The van der Waals surface area contributed by atoms with Gasteiger partial charge in [0.05, 0.1) is 0 Å². The Morgan fingerprint density at radius 3 is 2.04 bits per heavy atom. The Morgan fingerprint density at radius 2 is 1.42 bits per heavy atom. The van der Waals surface area contributed by atoms with Gasteiger partial charge in [-0.2, -0.15) is 0 Å². The molecule has 0 aliphatic carbocycles. The molecule has 0 radical (unpaired) electrons. The summed E-state index contributed by atoms with van der Waals surface area (Å²) in [4.78, 5) is 24.7. The second-order valence-corrected chi connectivity index (χ2v) is 6.29. The molecule has 2 N–H and O–H groups in total. The molecular weight excluding hydrogens is 326 g/mol. The molecule has 0 saturated carbocycles. The topological polar surface area (TPSA) is 63.1 Å². The first-order chi connectivity index (χ1) is 12.4. The summed E-state index contributed by atoms with van der Waals surface area (Å²) in [6, 6.07) is 18.1. The van der Waals surface area contributed by atoms with Gasteiger partial charge >= 0.3 is 0 Å². The monoisotopic (exact) mass is 347 g/mol. The molecule has 0 bridgehead atoms. The lowest BCUT2D eigenvalue weighted by atomic mass is 10.1. The number of aryl methyl sites for hydroxylation is 3. The third-order valence-electron chi connectivity index (χ3n) is 4.17. The maximum absolute atomic E-state index is 12.4. The van der Waals surface area contributed by atoms with Crippen LogP contribution in [0.3, 0.4) is 0 Å². The fourth-order valence-corrected chi connectivity index (χ4v) is 2.71. The second-order valence-electron chi connectivity index (χ2n) is 6.29. The van der Waals surface area contributed by atoms with E-state index in [2.05, 4.69) is 10.7 Å². The van der Waals surface area contributed by atoms with Crippen molar-refractivity contribution in [3.8, 4) is 0 Å². The number of hydrogen-bond acceptors (Lipinski definition) is 2. The molecule has 5 nitrogen and oxygen atoms in total. The van der Waals surface area contributed by atoms with Crippen molar-refractivity contribution in [2.45, 2.75) is 20.8 Å². The highest BCUT2D eigenvalue weighted by molar-refractivity contribution is 6.05. The molecule has 0 atom stereocenters. The molecule has 0 spiro atoms. The quantitative estimate of drug-likeness (QED) is 0.748. The zero-order valence-electron chi connectivity index (χ0n) is 15.0. The third-order valence-corrected chi connectivity index (χ3v) is 4.17. The number of carbonyl (C=O) groups excluding carboxylic acids is 2. The van der Waals surface area contributed by atoms with Gasteiger partial charge in [0.25, 0.3) is 11.8 Å². The van der Waals surface area contributed by atoms with Gasteiger partial charge in [0, 0.05) is 28.2 Å². The molecule has 2 amide bonds. The standard InChI is InChI=1S/C21H21N3O2/c1-14-5-4-6-18(13-14)20(25)22-19-11-9-17(10-12-19)21(26)23-24-15(2)7-8-16(24)3/h4-13H,1-3H3,(H,22,25)(H,23,26). The minimum atomic E-state index is -0.205. The number of anilines is 1. The van der Waals surface area contributed by atoms with E-state index in [9.17, 15) is 9.59 Å². The van der Waals surface area contributed by atoms with Gasteiger partial charge in [-0.05, 0) is 69.3 Å². The first-order valence-corrected chi connectivity index (χ1v) is 8.38. The van der Waals surface area contributed by atoms with Crippen molar-refractivity contribution < 1.29 is 9.59 Å². The van der Waals surface area contributed by atoms with Gasteiger partial charge in [0.1, 0.15) is 0 Å². The van der Waals surface area contributed by atoms with Crippen LogP contribution in [0.2, 0.25) is 0 Å². The predicted octanol–water partition coefficient (Wildman–Crippen LogP) is 4.05. The summed E-state index contributed by atoms with van der Waals surface area (Å²) in [5.41, 5.74) is 7.56. The summed E-state index contributed by atoms with van der Waals surface area (Å²) >= 11 is 0. The normalized spacial score (nSPS) is 10.4. The SMILES string of the molecule is Cc1cccc(C(=O)Nc2ccc(C(=O)Nn3c(C)ccc3C)cc2)c1. The summed E-state index contributed by atoms with van der Waals surface area (Å²) in [5, 5.41) is 2.84. The predicted molar refractivity (Wildman–Crippen MR) is 103 cm³/mol. The Labute approximate surface area is 152 Å². The molecule has 0 saturated heterocycles. The molecule has 3 rings (SSSR count). The maximum atomic E-state index is 12.4. The lowest BCUT2D eigenvalue weighted by Crippen LogP contribution is -2.24. The molecule has 2 aromatic carbocycles. The maximum Gasteiger partial charge on any atom is 0.270 e. The van der Waals surface area contributed by atoms with Gasteiger partial charge in [0.15, 0.2) is 0 Å². The first-order valence-electron chi connectivity index (χ1n) is 8.38. The minimum Gasteiger partial charge on any atom is -0.322 e. The van der Waals surface area contributed by atoms with E-state index in [4.69, 9.17) is 0 Å². The lowest BCUT2D eigenvalue weighted by molar-refractivity contribution is 0.100.